The van der Waals surface area contributed by atoms with Gasteiger partial charge >= 0.3 is 0 Å². The van der Waals surface area contributed by atoms with Crippen molar-refractivity contribution in [1.82, 2.24) is 0 Å². The molecule has 0 spiro atoms. The lowest BCUT2D eigenvalue weighted by Gasteiger charge is -2.10. The molecular weight excluding hydrogens is 368 g/mol. The molecule has 134 valence electrons. The minimum absolute atomic E-state index is 0.140. The summed E-state index contributed by atoms with van der Waals surface area (Å²) in [5.74, 6) is -0.857. The van der Waals surface area contributed by atoms with Crippen LogP contribution in [-0.4, -0.2) is 16.6 Å². The Labute approximate surface area is 159 Å². The zero-order chi connectivity index (χ0) is 19.4. The first-order valence-corrected chi connectivity index (χ1v) is 8.28. The molecule has 0 atom stereocenters. The summed E-state index contributed by atoms with van der Waals surface area (Å²) in [5, 5.41) is 14.0. The predicted octanol–water partition coefficient (Wildman–Crippen LogP) is 4.73. The summed E-state index contributed by atoms with van der Waals surface area (Å²) >= 11 is 5.85. The summed E-state index contributed by atoms with van der Waals surface area (Å²) in [6, 6.07) is 18.3. The smallest absolute Gasteiger partial charge is 0.271 e. The molecular formula is C20H13ClN2O4. The van der Waals surface area contributed by atoms with Crippen molar-refractivity contribution in [3.8, 4) is 0 Å². The molecule has 0 unspecified atom stereocenters. The fourth-order valence-electron chi connectivity index (χ4n) is 2.53. The monoisotopic (exact) mass is 380 g/mol. The molecule has 6 nitrogen and oxygen atoms in total. The number of hydrogen-bond acceptors (Lipinski definition) is 4. The number of rotatable bonds is 5. The normalized spacial score (nSPS) is 10.3. The van der Waals surface area contributed by atoms with Gasteiger partial charge < -0.3 is 5.32 Å². The van der Waals surface area contributed by atoms with Crippen molar-refractivity contribution < 1.29 is 14.5 Å². The molecule has 0 aliphatic heterocycles. The second-order valence-corrected chi connectivity index (χ2v) is 6.08. The van der Waals surface area contributed by atoms with E-state index in [0.717, 1.165) is 0 Å². The molecule has 3 aromatic carbocycles. The molecule has 1 N–H and O–H groups in total. The third-order valence-electron chi connectivity index (χ3n) is 3.84. The molecule has 7 heteroatoms. The van der Waals surface area contributed by atoms with Crippen molar-refractivity contribution in [2.24, 2.45) is 0 Å². The van der Waals surface area contributed by atoms with Crippen molar-refractivity contribution in [3.05, 3.63) is 105 Å². The number of ketones is 1. The Hall–Kier alpha value is -3.51. The van der Waals surface area contributed by atoms with E-state index < -0.39 is 10.8 Å². The second kappa shape index (κ2) is 7.80. The SMILES string of the molecule is O=C(Nc1cccc([N+](=O)[O-])c1)c1ccccc1C(=O)c1ccc(Cl)cc1. The topological polar surface area (TPSA) is 89.3 Å². The molecule has 3 aromatic rings. The molecule has 3 rings (SSSR count). The number of halogens is 1. The lowest BCUT2D eigenvalue weighted by molar-refractivity contribution is -0.384. The quantitative estimate of drug-likeness (QED) is 0.393. The van der Waals surface area contributed by atoms with Gasteiger partial charge in [0.2, 0.25) is 0 Å². The fraction of sp³-hybridized carbons (Fsp3) is 0. The van der Waals surface area contributed by atoms with E-state index in [1.807, 2.05) is 0 Å². The van der Waals surface area contributed by atoms with Gasteiger partial charge in [0.1, 0.15) is 0 Å². The number of amides is 1. The average Bonchev–Trinajstić information content (AvgIpc) is 2.68. The van der Waals surface area contributed by atoms with Crippen LogP contribution in [-0.2, 0) is 0 Å². The lowest BCUT2D eigenvalue weighted by Crippen LogP contribution is -2.17. The first-order valence-electron chi connectivity index (χ1n) is 7.91. The van der Waals surface area contributed by atoms with Gasteiger partial charge in [-0.3, -0.25) is 19.7 Å². The Morgan fingerprint density at radius 3 is 2.22 bits per heavy atom. The van der Waals surface area contributed by atoms with E-state index in [4.69, 9.17) is 11.6 Å². The highest BCUT2D eigenvalue weighted by Crippen LogP contribution is 2.20. The Kier molecular flexibility index (Phi) is 5.28. The van der Waals surface area contributed by atoms with Crippen LogP contribution in [0.2, 0.25) is 5.02 Å². The van der Waals surface area contributed by atoms with E-state index in [-0.39, 0.29) is 28.3 Å². The molecule has 0 saturated heterocycles. The number of carbonyl (C=O) groups is 2. The van der Waals surface area contributed by atoms with Gasteiger partial charge in [-0.05, 0) is 36.4 Å². The number of nitrogens with zero attached hydrogens (tertiary/aromatic N) is 1. The third-order valence-corrected chi connectivity index (χ3v) is 4.09. The van der Waals surface area contributed by atoms with Gasteiger partial charge in [0.05, 0.1) is 10.5 Å². The molecule has 0 heterocycles. The Morgan fingerprint density at radius 2 is 1.56 bits per heavy atom. The van der Waals surface area contributed by atoms with Gasteiger partial charge in [-0.1, -0.05) is 35.9 Å². The molecule has 0 aliphatic carbocycles. The van der Waals surface area contributed by atoms with Gasteiger partial charge in [0.25, 0.3) is 11.6 Å². The second-order valence-electron chi connectivity index (χ2n) is 5.64. The van der Waals surface area contributed by atoms with Gasteiger partial charge in [-0.25, -0.2) is 0 Å². The molecule has 27 heavy (non-hydrogen) atoms. The first-order chi connectivity index (χ1) is 13.0. The fourth-order valence-corrected chi connectivity index (χ4v) is 2.66. The zero-order valence-electron chi connectivity index (χ0n) is 13.9. The number of nitro groups is 1. The highest BCUT2D eigenvalue weighted by atomic mass is 35.5. The maximum absolute atomic E-state index is 12.8. The van der Waals surface area contributed by atoms with Crippen LogP contribution in [0.5, 0.6) is 0 Å². The van der Waals surface area contributed by atoms with Crippen molar-refractivity contribution in [3.63, 3.8) is 0 Å². The van der Waals surface area contributed by atoms with Gasteiger partial charge in [-0.15, -0.1) is 0 Å². The van der Waals surface area contributed by atoms with E-state index in [1.54, 1.807) is 42.5 Å². The Balaban J connectivity index is 1.90. The summed E-state index contributed by atoms with van der Waals surface area (Å²) < 4.78 is 0. The largest absolute Gasteiger partial charge is 0.322 e. The Morgan fingerprint density at radius 1 is 0.889 bits per heavy atom. The first kappa shape index (κ1) is 18.3. The van der Waals surface area contributed by atoms with Crippen LogP contribution in [0.3, 0.4) is 0 Å². The molecule has 0 saturated carbocycles. The molecule has 0 radical (unpaired) electrons. The third kappa shape index (κ3) is 4.19. The van der Waals surface area contributed by atoms with Crippen LogP contribution in [0.4, 0.5) is 11.4 Å². The molecule has 0 aromatic heterocycles. The summed E-state index contributed by atoms with van der Waals surface area (Å²) in [7, 11) is 0. The van der Waals surface area contributed by atoms with Crippen LogP contribution in [0.25, 0.3) is 0 Å². The van der Waals surface area contributed by atoms with Crippen molar-refractivity contribution in [1.29, 1.82) is 0 Å². The van der Waals surface area contributed by atoms with Crippen LogP contribution in [0, 0.1) is 10.1 Å². The molecule has 1 amide bonds. The standard InChI is InChI=1S/C20H13ClN2O4/c21-14-10-8-13(9-11-14)19(24)17-6-1-2-7-18(17)20(25)22-15-4-3-5-16(12-15)23(26)27/h1-12H,(H,22,25). The van der Waals surface area contributed by atoms with Gasteiger partial charge in [-0.2, -0.15) is 0 Å². The van der Waals surface area contributed by atoms with E-state index in [0.29, 0.717) is 10.6 Å². The molecule has 0 aliphatic rings. The van der Waals surface area contributed by atoms with Crippen molar-refractivity contribution >= 4 is 34.7 Å². The molecule has 0 fully saturated rings. The number of hydrogen-bond donors (Lipinski definition) is 1. The average molecular weight is 381 g/mol. The van der Waals surface area contributed by atoms with E-state index in [1.165, 1.54) is 30.3 Å². The van der Waals surface area contributed by atoms with Crippen LogP contribution in [0.15, 0.2) is 72.8 Å². The van der Waals surface area contributed by atoms with E-state index >= 15 is 0 Å². The number of carbonyl (C=O) groups excluding carboxylic acids is 2. The van der Waals surface area contributed by atoms with Crippen LogP contribution in [0.1, 0.15) is 26.3 Å². The van der Waals surface area contributed by atoms with Gasteiger partial charge in [0, 0.05) is 34.0 Å². The maximum atomic E-state index is 12.8. The highest BCUT2D eigenvalue weighted by molar-refractivity contribution is 6.30. The summed E-state index contributed by atoms with van der Waals surface area (Å²) in [5.41, 5.74) is 0.919. The maximum Gasteiger partial charge on any atom is 0.271 e. The van der Waals surface area contributed by atoms with Gasteiger partial charge in [0.15, 0.2) is 5.78 Å². The number of benzene rings is 3. The Bertz CT molecular complexity index is 1030. The van der Waals surface area contributed by atoms with Crippen molar-refractivity contribution in [2.75, 3.05) is 5.32 Å². The zero-order valence-corrected chi connectivity index (χ0v) is 14.6. The number of non-ortho nitro benzene ring substituents is 1. The van der Waals surface area contributed by atoms with Crippen molar-refractivity contribution in [2.45, 2.75) is 0 Å². The van der Waals surface area contributed by atoms with Crippen LogP contribution >= 0.6 is 11.6 Å². The van der Waals surface area contributed by atoms with Crippen LogP contribution < -0.4 is 5.32 Å². The molecule has 0 bridgehead atoms. The summed E-state index contributed by atoms with van der Waals surface area (Å²) in [6.45, 7) is 0. The lowest BCUT2D eigenvalue weighted by atomic mass is 9.98. The predicted molar refractivity (Wildman–Crippen MR) is 102 cm³/mol. The minimum Gasteiger partial charge on any atom is -0.322 e. The number of nitro benzene ring substituents is 1. The summed E-state index contributed by atoms with van der Waals surface area (Å²) in [6.07, 6.45) is 0. The number of anilines is 1. The highest BCUT2D eigenvalue weighted by Gasteiger charge is 2.18. The van der Waals surface area contributed by atoms with E-state index in [2.05, 4.69) is 5.32 Å². The summed E-state index contributed by atoms with van der Waals surface area (Å²) in [4.78, 5) is 35.7. The number of nitrogens with one attached hydrogen (secondary N) is 1. The van der Waals surface area contributed by atoms with E-state index in [9.17, 15) is 19.7 Å². The minimum atomic E-state index is -0.548.